The first-order valence-electron chi connectivity index (χ1n) is 6.53. The second kappa shape index (κ2) is 6.24. The van der Waals surface area contributed by atoms with Crippen LogP contribution in [-0.4, -0.2) is 24.0 Å². The first-order valence-corrected chi connectivity index (χ1v) is 6.91. The number of hydrogen-bond acceptors (Lipinski definition) is 1. The number of rotatable bonds is 2. The first kappa shape index (κ1) is 14.1. The first-order chi connectivity index (χ1) is 9.06. The molecule has 0 unspecified atom stereocenters. The summed E-state index contributed by atoms with van der Waals surface area (Å²) in [4.78, 5) is 13.8. The summed E-state index contributed by atoms with van der Waals surface area (Å²) in [5, 5.41) is 2.92. The van der Waals surface area contributed by atoms with Gasteiger partial charge in [-0.05, 0) is 36.5 Å². The molecule has 1 saturated heterocycles. The van der Waals surface area contributed by atoms with Crippen molar-refractivity contribution in [2.45, 2.75) is 26.3 Å². The molecular weight excluding hydrogens is 267 g/mol. The number of nitrogens with one attached hydrogen (secondary N) is 1. The van der Waals surface area contributed by atoms with E-state index < -0.39 is 5.82 Å². The van der Waals surface area contributed by atoms with E-state index in [1.807, 2.05) is 4.90 Å². The number of carbonyl (C=O) groups excluding carboxylic acids is 1. The number of carbonyl (C=O) groups is 1. The molecule has 1 heterocycles. The van der Waals surface area contributed by atoms with Gasteiger partial charge in [0, 0.05) is 19.6 Å². The SMILES string of the molecule is CC1CCN(C(=O)NCc2ccc(F)c(Cl)c2)CC1. The molecule has 1 aromatic carbocycles. The fraction of sp³-hybridized carbons (Fsp3) is 0.500. The van der Waals surface area contributed by atoms with Crippen LogP contribution in [0, 0.1) is 11.7 Å². The average molecular weight is 285 g/mol. The Hall–Kier alpha value is -1.29. The van der Waals surface area contributed by atoms with Gasteiger partial charge in [0.25, 0.3) is 0 Å². The van der Waals surface area contributed by atoms with Crippen molar-refractivity contribution in [1.82, 2.24) is 10.2 Å². The van der Waals surface area contributed by atoms with Crippen LogP contribution in [0.4, 0.5) is 9.18 Å². The van der Waals surface area contributed by atoms with E-state index in [0.717, 1.165) is 31.5 Å². The molecule has 1 aliphatic rings. The zero-order valence-electron chi connectivity index (χ0n) is 11.0. The van der Waals surface area contributed by atoms with Crippen molar-refractivity contribution in [3.63, 3.8) is 0 Å². The second-order valence-corrected chi connectivity index (χ2v) is 5.48. The van der Waals surface area contributed by atoms with Gasteiger partial charge in [-0.25, -0.2) is 9.18 Å². The molecule has 1 fully saturated rings. The van der Waals surface area contributed by atoms with E-state index in [4.69, 9.17) is 11.6 Å². The smallest absolute Gasteiger partial charge is 0.317 e. The number of likely N-dealkylation sites (tertiary alicyclic amines) is 1. The molecule has 0 atom stereocenters. The zero-order valence-corrected chi connectivity index (χ0v) is 11.7. The molecule has 2 rings (SSSR count). The van der Waals surface area contributed by atoms with Crippen LogP contribution in [0.1, 0.15) is 25.3 Å². The second-order valence-electron chi connectivity index (χ2n) is 5.08. The molecule has 0 aromatic heterocycles. The molecule has 0 radical (unpaired) electrons. The summed E-state index contributed by atoms with van der Waals surface area (Å²) in [6.07, 6.45) is 2.10. The van der Waals surface area contributed by atoms with E-state index in [9.17, 15) is 9.18 Å². The molecule has 1 aromatic rings. The summed E-state index contributed by atoms with van der Waals surface area (Å²) >= 11 is 5.70. The monoisotopic (exact) mass is 284 g/mol. The van der Waals surface area contributed by atoms with Gasteiger partial charge >= 0.3 is 6.03 Å². The Morgan fingerprint density at radius 1 is 1.47 bits per heavy atom. The van der Waals surface area contributed by atoms with Crippen molar-refractivity contribution >= 4 is 17.6 Å². The third kappa shape index (κ3) is 3.83. The highest BCUT2D eigenvalue weighted by molar-refractivity contribution is 6.30. The average Bonchev–Trinajstić information content (AvgIpc) is 2.40. The summed E-state index contributed by atoms with van der Waals surface area (Å²) in [5.74, 6) is 0.252. The Balaban J connectivity index is 1.84. The summed E-state index contributed by atoms with van der Waals surface area (Å²) in [5.41, 5.74) is 0.796. The standard InChI is InChI=1S/C14H18ClFN2O/c1-10-4-6-18(7-5-10)14(19)17-9-11-2-3-13(16)12(15)8-11/h2-3,8,10H,4-7,9H2,1H3,(H,17,19). The highest BCUT2D eigenvalue weighted by Crippen LogP contribution is 2.17. The maximum absolute atomic E-state index is 13.0. The van der Waals surface area contributed by atoms with Crippen LogP contribution in [0.25, 0.3) is 0 Å². The zero-order chi connectivity index (χ0) is 13.8. The number of amides is 2. The van der Waals surface area contributed by atoms with E-state index in [0.29, 0.717) is 12.5 Å². The molecule has 1 aliphatic heterocycles. The van der Waals surface area contributed by atoms with Crippen LogP contribution in [0.2, 0.25) is 5.02 Å². The lowest BCUT2D eigenvalue weighted by Crippen LogP contribution is -2.43. The lowest BCUT2D eigenvalue weighted by molar-refractivity contribution is 0.173. The number of hydrogen-bond donors (Lipinski definition) is 1. The Morgan fingerprint density at radius 2 is 2.16 bits per heavy atom. The molecular formula is C14H18ClFN2O. The molecule has 104 valence electrons. The lowest BCUT2D eigenvalue weighted by atomic mass is 10.00. The lowest BCUT2D eigenvalue weighted by Gasteiger charge is -2.30. The van der Waals surface area contributed by atoms with Gasteiger partial charge in [0.05, 0.1) is 5.02 Å². The molecule has 3 nitrogen and oxygen atoms in total. The Bertz CT molecular complexity index is 459. The van der Waals surface area contributed by atoms with E-state index in [1.54, 1.807) is 6.07 Å². The predicted octanol–water partition coefficient (Wildman–Crippen LogP) is 3.42. The Morgan fingerprint density at radius 3 is 2.79 bits per heavy atom. The number of benzene rings is 1. The minimum absolute atomic E-state index is 0.0626. The van der Waals surface area contributed by atoms with E-state index in [2.05, 4.69) is 12.2 Å². The van der Waals surface area contributed by atoms with Gasteiger partial charge in [-0.15, -0.1) is 0 Å². The molecule has 1 N–H and O–H groups in total. The maximum Gasteiger partial charge on any atom is 0.317 e. The summed E-state index contributed by atoms with van der Waals surface area (Å²) in [7, 11) is 0. The predicted molar refractivity (Wildman–Crippen MR) is 73.6 cm³/mol. The normalized spacial score (nSPS) is 16.5. The van der Waals surface area contributed by atoms with Crippen molar-refractivity contribution in [2.75, 3.05) is 13.1 Å². The highest BCUT2D eigenvalue weighted by Gasteiger charge is 2.19. The van der Waals surface area contributed by atoms with Crippen LogP contribution in [-0.2, 0) is 6.54 Å². The minimum atomic E-state index is -0.443. The van der Waals surface area contributed by atoms with Gasteiger partial charge in [-0.2, -0.15) is 0 Å². The quantitative estimate of drug-likeness (QED) is 0.887. The number of halogens is 2. The molecule has 0 aliphatic carbocycles. The third-order valence-corrected chi connectivity index (χ3v) is 3.79. The largest absolute Gasteiger partial charge is 0.334 e. The topological polar surface area (TPSA) is 32.3 Å². The molecule has 0 saturated carbocycles. The highest BCUT2D eigenvalue weighted by atomic mass is 35.5. The number of urea groups is 1. The van der Waals surface area contributed by atoms with Gasteiger partial charge < -0.3 is 10.2 Å². The summed E-state index contributed by atoms with van der Waals surface area (Å²) in [6.45, 7) is 4.18. The molecule has 2 amide bonds. The van der Waals surface area contributed by atoms with E-state index >= 15 is 0 Å². The van der Waals surface area contributed by atoms with Crippen LogP contribution < -0.4 is 5.32 Å². The van der Waals surface area contributed by atoms with Crippen molar-refractivity contribution in [3.05, 3.63) is 34.6 Å². The minimum Gasteiger partial charge on any atom is -0.334 e. The summed E-state index contributed by atoms with van der Waals surface area (Å²) in [6, 6.07) is 4.41. The third-order valence-electron chi connectivity index (χ3n) is 3.50. The Labute approximate surface area is 117 Å². The fourth-order valence-electron chi connectivity index (χ4n) is 2.15. The van der Waals surface area contributed by atoms with Crippen molar-refractivity contribution < 1.29 is 9.18 Å². The van der Waals surface area contributed by atoms with Gasteiger partial charge in [0.2, 0.25) is 0 Å². The van der Waals surface area contributed by atoms with Crippen molar-refractivity contribution in [2.24, 2.45) is 5.92 Å². The van der Waals surface area contributed by atoms with Crippen LogP contribution in [0.5, 0.6) is 0 Å². The fourth-order valence-corrected chi connectivity index (χ4v) is 2.35. The molecule has 19 heavy (non-hydrogen) atoms. The van der Waals surface area contributed by atoms with Crippen LogP contribution >= 0.6 is 11.6 Å². The molecule has 0 spiro atoms. The van der Waals surface area contributed by atoms with Gasteiger partial charge in [-0.1, -0.05) is 24.6 Å². The van der Waals surface area contributed by atoms with Crippen molar-refractivity contribution in [1.29, 1.82) is 0 Å². The van der Waals surface area contributed by atoms with E-state index in [1.165, 1.54) is 12.1 Å². The molecule has 0 bridgehead atoms. The van der Waals surface area contributed by atoms with Gasteiger partial charge in [0.15, 0.2) is 0 Å². The molecule has 5 heteroatoms. The van der Waals surface area contributed by atoms with Gasteiger partial charge in [-0.3, -0.25) is 0 Å². The van der Waals surface area contributed by atoms with Crippen LogP contribution in [0.3, 0.4) is 0 Å². The van der Waals surface area contributed by atoms with Gasteiger partial charge in [0.1, 0.15) is 5.82 Å². The Kier molecular flexibility index (Phi) is 4.64. The van der Waals surface area contributed by atoms with Crippen molar-refractivity contribution in [3.8, 4) is 0 Å². The maximum atomic E-state index is 13.0. The van der Waals surface area contributed by atoms with E-state index in [-0.39, 0.29) is 11.1 Å². The number of piperidine rings is 1. The summed E-state index contributed by atoms with van der Waals surface area (Å²) < 4.78 is 13.0. The number of nitrogens with zero attached hydrogens (tertiary/aromatic N) is 1. The van der Waals surface area contributed by atoms with Crippen LogP contribution in [0.15, 0.2) is 18.2 Å².